The van der Waals surface area contributed by atoms with E-state index in [2.05, 4.69) is 4.98 Å². The van der Waals surface area contributed by atoms with Crippen LogP contribution in [0, 0.1) is 18.8 Å². The molecule has 3 aliphatic rings. The summed E-state index contributed by atoms with van der Waals surface area (Å²) in [6, 6.07) is 0. The molecule has 4 rings (SSSR count). The quantitative estimate of drug-likeness (QED) is 0.758. The first-order chi connectivity index (χ1) is 12.1. The van der Waals surface area contributed by atoms with Crippen LogP contribution in [-0.4, -0.2) is 57.4 Å². The van der Waals surface area contributed by atoms with E-state index in [1.54, 1.807) is 23.3 Å². The van der Waals surface area contributed by atoms with Crippen LogP contribution in [0.4, 0.5) is 0 Å². The Morgan fingerprint density at radius 2 is 2.23 bits per heavy atom. The van der Waals surface area contributed by atoms with E-state index >= 15 is 0 Å². The molecule has 0 N–H and O–H groups in total. The average Bonchev–Trinajstić information content (AvgIpc) is 3.27. The van der Waals surface area contributed by atoms with Gasteiger partial charge in [-0.05, 0) is 27.7 Å². The van der Waals surface area contributed by atoms with E-state index in [0.29, 0.717) is 13.1 Å². The second-order valence-corrected chi connectivity index (χ2v) is 9.51. The van der Waals surface area contributed by atoms with Crippen LogP contribution in [0.15, 0.2) is 17.5 Å². The number of rotatable bonds is 3. The zero-order valence-electron chi connectivity index (χ0n) is 15.9. The third kappa shape index (κ3) is 2.52. The fraction of sp³-hybridized carbons (Fsp3) is 0.632. The van der Waals surface area contributed by atoms with Gasteiger partial charge in [-0.1, -0.05) is 12.2 Å². The standard InChI is InChI=1S/C19H25N3O3S/c1-11-9-26-13(20-11)8-21(5)16(23)14-12-6-7-19(25-12)10-22(18(2,3)4)17(24)15(14)19/h6-7,9,12,14-15H,8,10H2,1-5H3/t12-,14?,15?,19-/m0/s1. The van der Waals surface area contributed by atoms with Crippen molar-refractivity contribution in [2.45, 2.75) is 51.5 Å². The molecule has 4 heterocycles. The first-order valence-electron chi connectivity index (χ1n) is 8.97. The van der Waals surface area contributed by atoms with Crippen molar-refractivity contribution < 1.29 is 14.3 Å². The fourth-order valence-corrected chi connectivity index (χ4v) is 5.18. The largest absolute Gasteiger partial charge is 0.360 e. The molecule has 1 aromatic heterocycles. The van der Waals surface area contributed by atoms with Crippen molar-refractivity contribution in [2.75, 3.05) is 13.6 Å². The SMILES string of the molecule is Cc1csc(CN(C)C(=O)C2C3C(=O)N(C(C)(C)C)C[C@@]34C=C[C@@H]2O4)n1. The molecule has 2 unspecified atom stereocenters. The van der Waals surface area contributed by atoms with Crippen LogP contribution < -0.4 is 0 Å². The van der Waals surface area contributed by atoms with Gasteiger partial charge < -0.3 is 14.5 Å². The zero-order valence-corrected chi connectivity index (χ0v) is 16.7. The summed E-state index contributed by atoms with van der Waals surface area (Å²) in [7, 11) is 1.78. The summed E-state index contributed by atoms with van der Waals surface area (Å²) in [6.45, 7) is 8.98. The van der Waals surface area contributed by atoms with Crippen LogP contribution in [0.25, 0.3) is 0 Å². The lowest BCUT2D eigenvalue weighted by atomic mass is 9.76. The van der Waals surface area contributed by atoms with Crippen LogP contribution in [0.1, 0.15) is 31.5 Å². The molecule has 140 valence electrons. The summed E-state index contributed by atoms with van der Waals surface area (Å²) < 4.78 is 6.18. The average molecular weight is 375 g/mol. The lowest BCUT2D eigenvalue weighted by Gasteiger charge is -2.34. The molecule has 3 aliphatic heterocycles. The van der Waals surface area contributed by atoms with Crippen LogP contribution in [0.3, 0.4) is 0 Å². The Bertz CT molecular complexity index is 796. The van der Waals surface area contributed by atoms with Gasteiger partial charge in [-0.15, -0.1) is 11.3 Å². The Morgan fingerprint density at radius 1 is 1.50 bits per heavy atom. The Hall–Kier alpha value is -1.73. The van der Waals surface area contributed by atoms with E-state index < -0.39 is 17.4 Å². The van der Waals surface area contributed by atoms with Crippen LogP contribution >= 0.6 is 11.3 Å². The van der Waals surface area contributed by atoms with Crippen LogP contribution in [-0.2, 0) is 20.9 Å². The summed E-state index contributed by atoms with van der Waals surface area (Å²) in [4.78, 5) is 34.3. The lowest BCUT2D eigenvalue weighted by Crippen LogP contribution is -2.47. The maximum Gasteiger partial charge on any atom is 0.230 e. The van der Waals surface area contributed by atoms with Crippen molar-refractivity contribution >= 4 is 23.2 Å². The van der Waals surface area contributed by atoms with Gasteiger partial charge in [0.2, 0.25) is 11.8 Å². The monoisotopic (exact) mass is 375 g/mol. The Labute approximate surface area is 157 Å². The molecule has 1 spiro atoms. The maximum atomic E-state index is 13.2. The normalized spacial score (nSPS) is 32.4. The molecule has 2 amide bonds. The number of hydrogen-bond acceptors (Lipinski definition) is 5. The van der Waals surface area contributed by atoms with Crippen LogP contribution in [0.5, 0.6) is 0 Å². The zero-order chi connectivity index (χ0) is 18.9. The number of carbonyl (C=O) groups excluding carboxylic acids is 2. The number of ether oxygens (including phenoxy) is 1. The molecule has 0 radical (unpaired) electrons. The molecule has 0 saturated carbocycles. The first kappa shape index (κ1) is 17.7. The highest BCUT2D eigenvalue weighted by Crippen LogP contribution is 2.53. The number of carbonyl (C=O) groups is 2. The molecule has 4 atom stereocenters. The smallest absolute Gasteiger partial charge is 0.230 e. The van der Waals surface area contributed by atoms with Gasteiger partial charge >= 0.3 is 0 Å². The van der Waals surface area contributed by atoms with Crippen molar-refractivity contribution in [3.63, 3.8) is 0 Å². The molecule has 2 bridgehead atoms. The number of fused-ring (bicyclic) bond motifs is 1. The fourth-order valence-electron chi connectivity index (χ4n) is 4.36. The molecule has 1 aromatic rings. The molecule has 6 nitrogen and oxygen atoms in total. The number of nitrogens with zero attached hydrogens (tertiary/aromatic N) is 3. The number of aromatic nitrogens is 1. The van der Waals surface area contributed by atoms with Gasteiger partial charge in [0.25, 0.3) is 0 Å². The highest BCUT2D eigenvalue weighted by Gasteiger charge is 2.68. The van der Waals surface area contributed by atoms with Crippen molar-refractivity contribution in [1.82, 2.24) is 14.8 Å². The molecule has 0 aromatic carbocycles. The summed E-state index contributed by atoms with van der Waals surface area (Å²) in [5.74, 6) is -0.889. The molecule has 2 saturated heterocycles. The minimum Gasteiger partial charge on any atom is -0.360 e. The lowest BCUT2D eigenvalue weighted by molar-refractivity contribution is -0.144. The molecular formula is C19H25N3O3S. The van der Waals surface area contributed by atoms with Gasteiger partial charge in [-0.3, -0.25) is 9.59 Å². The van der Waals surface area contributed by atoms with E-state index in [1.165, 1.54) is 0 Å². The van der Waals surface area contributed by atoms with Crippen LogP contribution in [0.2, 0.25) is 0 Å². The van der Waals surface area contributed by atoms with E-state index in [4.69, 9.17) is 4.74 Å². The summed E-state index contributed by atoms with van der Waals surface area (Å²) in [6.07, 6.45) is 3.65. The molecule has 7 heteroatoms. The number of thiazole rings is 1. The molecular weight excluding hydrogens is 350 g/mol. The minimum atomic E-state index is -0.645. The minimum absolute atomic E-state index is 0.0289. The Kier molecular flexibility index (Phi) is 3.83. The van der Waals surface area contributed by atoms with Crippen molar-refractivity contribution in [3.8, 4) is 0 Å². The molecule has 2 fully saturated rings. The number of amides is 2. The topological polar surface area (TPSA) is 62.7 Å². The van der Waals surface area contributed by atoms with Gasteiger partial charge in [0, 0.05) is 23.7 Å². The van der Waals surface area contributed by atoms with Gasteiger partial charge in [-0.2, -0.15) is 0 Å². The molecule has 26 heavy (non-hydrogen) atoms. The van der Waals surface area contributed by atoms with E-state index in [0.717, 1.165) is 10.7 Å². The molecule has 0 aliphatic carbocycles. The van der Waals surface area contributed by atoms with Gasteiger partial charge in [0.05, 0.1) is 31.0 Å². The third-order valence-electron chi connectivity index (χ3n) is 5.61. The number of aryl methyl sites for hydroxylation is 1. The van der Waals surface area contributed by atoms with E-state index in [9.17, 15) is 9.59 Å². The Balaban J connectivity index is 1.58. The summed E-state index contributed by atoms with van der Waals surface area (Å²) >= 11 is 1.55. The van der Waals surface area contributed by atoms with Crippen molar-refractivity contribution in [1.29, 1.82) is 0 Å². The third-order valence-corrected chi connectivity index (χ3v) is 6.56. The van der Waals surface area contributed by atoms with Crippen molar-refractivity contribution in [2.24, 2.45) is 11.8 Å². The maximum absolute atomic E-state index is 13.2. The number of likely N-dealkylation sites (tertiary alicyclic amines) is 1. The highest BCUT2D eigenvalue weighted by atomic mass is 32.1. The second-order valence-electron chi connectivity index (χ2n) is 8.57. The van der Waals surface area contributed by atoms with Gasteiger partial charge in [0.15, 0.2) is 0 Å². The summed E-state index contributed by atoms with van der Waals surface area (Å²) in [5, 5.41) is 2.88. The van der Waals surface area contributed by atoms with Crippen molar-refractivity contribution in [3.05, 3.63) is 28.2 Å². The number of hydrogen-bond donors (Lipinski definition) is 0. The predicted molar refractivity (Wildman–Crippen MR) is 98.5 cm³/mol. The van der Waals surface area contributed by atoms with E-state index in [-0.39, 0.29) is 23.5 Å². The van der Waals surface area contributed by atoms with Gasteiger partial charge in [0.1, 0.15) is 10.6 Å². The van der Waals surface area contributed by atoms with E-state index in [1.807, 2.05) is 50.1 Å². The predicted octanol–water partition coefficient (Wildman–Crippen LogP) is 1.99. The second kappa shape index (κ2) is 5.63. The first-order valence-corrected chi connectivity index (χ1v) is 9.85. The Morgan fingerprint density at radius 3 is 2.85 bits per heavy atom. The highest BCUT2D eigenvalue weighted by molar-refractivity contribution is 7.09. The summed E-state index contributed by atoms with van der Waals surface area (Å²) in [5.41, 5.74) is 0.0277. The van der Waals surface area contributed by atoms with Gasteiger partial charge in [-0.25, -0.2) is 4.98 Å².